The van der Waals surface area contributed by atoms with Crippen LogP contribution in [0.15, 0.2) is 84.9 Å². The Labute approximate surface area is 130 Å². The molecular formula is C20H16N2. The first-order valence-corrected chi connectivity index (χ1v) is 7.23. The van der Waals surface area contributed by atoms with Crippen molar-refractivity contribution in [2.24, 2.45) is 0 Å². The van der Waals surface area contributed by atoms with E-state index in [1.165, 1.54) is 5.56 Å². The number of hydrogen-bond acceptors (Lipinski definition) is 2. The zero-order valence-corrected chi connectivity index (χ0v) is 12.2. The van der Waals surface area contributed by atoms with Crippen molar-refractivity contribution in [3.63, 3.8) is 0 Å². The van der Waals surface area contributed by atoms with Gasteiger partial charge in [-0.05, 0) is 42.0 Å². The minimum atomic E-state index is 0.690. The normalized spacial score (nSPS) is 9.95. The lowest BCUT2D eigenvalue weighted by Crippen LogP contribution is -2.16. The van der Waals surface area contributed by atoms with E-state index >= 15 is 0 Å². The van der Waals surface area contributed by atoms with Crippen LogP contribution in [0.1, 0.15) is 11.1 Å². The van der Waals surface area contributed by atoms with E-state index in [-0.39, 0.29) is 0 Å². The maximum absolute atomic E-state index is 8.91. The summed E-state index contributed by atoms with van der Waals surface area (Å²) in [4.78, 5) is 2.27. The smallest absolute Gasteiger partial charge is 0.0991 e. The van der Waals surface area contributed by atoms with E-state index in [2.05, 4.69) is 35.2 Å². The molecule has 0 heterocycles. The zero-order valence-electron chi connectivity index (χ0n) is 12.2. The van der Waals surface area contributed by atoms with Gasteiger partial charge in [0, 0.05) is 17.9 Å². The monoisotopic (exact) mass is 284 g/mol. The van der Waals surface area contributed by atoms with Gasteiger partial charge in [-0.15, -0.1) is 0 Å². The van der Waals surface area contributed by atoms with E-state index in [0.717, 1.165) is 17.9 Å². The molecule has 106 valence electrons. The molecule has 0 N–H and O–H groups in total. The van der Waals surface area contributed by atoms with Crippen LogP contribution in [0.4, 0.5) is 11.4 Å². The Balaban J connectivity index is 1.94. The van der Waals surface area contributed by atoms with Gasteiger partial charge in [0.05, 0.1) is 11.6 Å². The number of anilines is 2. The van der Waals surface area contributed by atoms with Gasteiger partial charge in [0.2, 0.25) is 0 Å². The third-order valence-corrected chi connectivity index (χ3v) is 3.56. The van der Waals surface area contributed by atoms with Crippen molar-refractivity contribution in [1.29, 1.82) is 5.26 Å². The van der Waals surface area contributed by atoms with E-state index in [1.807, 2.05) is 60.7 Å². The number of rotatable bonds is 4. The Morgan fingerprint density at radius 1 is 0.682 bits per heavy atom. The number of para-hydroxylation sites is 2. The van der Waals surface area contributed by atoms with Crippen LogP contribution in [0, 0.1) is 11.3 Å². The number of hydrogen-bond donors (Lipinski definition) is 0. The molecule has 0 spiro atoms. The summed E-state index contributed by atoms with van der Waals surface area (Å²) in [5, 5.41) is 8.91. The quantitative estimate of drug-likeness (QED) is 0.681. The Bertz CT molecular complexity index is 717. The largest absolute Gasteiger partial charge is 0.337 e. The molecule has 3 aromatic rings. The lowest BCUT2D eigenvalue weighted by Gasteiger charge is -2.25. The molecule has 0 aromatic heterocycles. The molecule has 2 nitrogen and oxygen atoms in total. The van der Waals surface area contributed by atoms with Crippen molar-refractivity contribution in [2.75, 3.05) is 4.90 Å². The second-order valence-corrected chi connectivity index (χ2v) is 5.07. The molecule has 3 aromatic carbocycles. The summed E-state index contributed by atoms with van der Waals surface area (Å²) in [7, 11) is 0. The van der Waals surface area contributed by atoms with Crippen LogP contribution in [0.2, 0.25) is 0 Å². The molecule has 0 saturated heterocycles. The molecule has 0 saturated carbocycles. The van der Waals surface area contributed by atoms with Crippen molar-refractivity contribution >= 4 is 11.4 Å². The van der Waals surface area contributed by atoms with Gasteiger partial charge in [-0.25, -0.2) is 0 Å². The summed E-state index contributed by atoms with van der Waals surface area (Å²) in [6.45, 7) is 0.764. The summed E-state index contributed by atoms with van der Waals surface area (Å²) in [5.74, 6) is 0. The van der Waals surface area contributed by atoms with E-state index in [4.69, 9.17) is 5.26 Å². The van der Waals surface area contributed by atoms with Gasteiger partial charge in [0.1, 0.15) is 0 Å². The van der Waals surface area contributed by atoms with Crippen LogP contribution >= 0.6 is 0 Å². The number of benzene rings is 3. The minimum absolute atomic E-state index is 0.690. The highest BCUT2D eigenvalue weighted by Crippen LogP contribution is 2.27. The molecule has 2 heteroatoms. The third kappa shape index (κ3) is 3.16. The fourth-order valence-corrected chi connectivity index (χ4v) is 2.41. The Kier molecular flexibility index (Phi) is 4.17. The SMILES string of the molecule is N#Cc1ccc(CN(c2ccccc2)c2ccccc2)cc1. The van der Waals surface area contributed by atoms with Crippen molar-refractivity contribution in [3.05, 3.63) is 96.1 Å². The Morgan fingerprint density at radius 3 is 1.64 bits per heavy atom. The summed E-state index contributed by atoms with van der Waals surface area (Å²) in [6, 6.07) is 30.6. The summed E-state index contributed by atoms with van der Waals surface area (Å²) < 4.78 is 0. The molecule has 3 rings (SSSR count). The molecule has 22 heavy (non-hydrogen) atoms. The molecule has 0 aliphatic carbocycles. The van der Waals surface area contributed by atoms with Crippen LogP contribution < -0.4 is 4.90 Å². The summed E-state index contributed by atoms with van der Waals surface area (Å²) in [6.07, 6.45) is 0. The van der Waals surface area contributed by atoms with Crippen LogP contribution in [0.5, 0.6) is 0 Å². The molecule has 0 aliphatic rings. The molecular weight excluding hydrogens is 268 g/mol. The molecule has 0 fully saturated rings. The molecule has 0 bridgehead atoms. The van der Waals surface area contributed by atoms with Gasteiger partial charge >= 0.3 is 0 Å². The Morgan fingerprint density at radius 2 is 1.18 bits per heavy atom. The average Bonchev–Trinajstić information content (AvgIpc) is 2.62. The first kappa shape index (κ1) is 13.9. The molecule has 0 unspecified atom stereocenters. The first-order valence-electron chi connectivity index (χ1n) is 7.23. The second-order valence-electron chi connectivity index (χ2n) is 5.07. The minimum Gasteiger partial charge on any atom is -0.337 e. The van der Waals surface area contributed by atoms with E-state index < -0.39 is 0 Å². The molecule has 0 amide bonds. The summed E-state index contributed by atoms with van der Waals surface area (Å²) >= 11 is 0. The predicted molar refractivity (Wildman–Crippen MR) is 89.9 cm³/mol. The highest BCUT2D eigenvalue weighted by molar-refractivity contribution is 5.63. The fraction of sp³-hybridized carbons (Fsp3) is 0.0500. The van der Waals surface area contributed by atoms with Gasteiger partial charge < -0.3 is 4.90 Å². The molecule has 0 aliphatic heterocycles. The topological polar surface area (TPSA) is 27.0 Å². The zero-order chi connectivity index (χ0) is 15.2. The summed E-state index contributed by atoms with van der Waals surface area (Å²) in [5.41, 5.74) is 4.16. The first-order chi connectivity index (χ1) is 10.9. The van der Waals surface area contributed by atoms with Gasteiger partial charge in [0.25, 0.3) is 0 Å². The number of nitriles is 1. The highest BCUT2D eigenvalue weighted by Gasteiger charge is 2.09. The lowest BCUT2D eigenvalue weighted by molar-refractivity contribution is 0.975. The van der Waals surface area contributed by atoms with Gasteiger partial charge in [-0.3, -0.25) is 0 Å². The van der Waals surface area contributed by atoms with Crippen LogP contribution in [-0.4, -0.2) is 0 Å². The van der Waals surface area contributed by atoms with Gasteiger partial charge in [-0.1, -0.05) is 48.5 Å². The highest BCUT2D eigenvalue weighted by atomic mass is 15.1. The Hall–Kier alpha value is -3.05. The van der Waals surface area contributed by atoms with Crippen LogP contribution in [-0.2, 0) is 6.54 Å². The maximum Gasteiger partial charge on any atom is 0.0991 e. The van der Waals surface area contributed by atoms with Crippen LogP contribution in [0.25, 0.3) is 0 Å². The van der Waals surface area contributed by atoms with Gasteiger partial charge in [0.15, 0.2) is 0 Å². The lowest BCUT2D eigenvalue weighted by atomic mass is 10.1. The predicted octanol–water partition coefficient (Wildman–Crippen LogP) is 4.90. The van der Waals surface area contributed by atoms with Crippen molar-refractivity contribution in [1.82, 2.24) is 0 Å². The second kappa shape index (κ2) is 6.60. The maximum atomic E-state index is 8.91. The van der Waals surface area contributed by atoms with Gasteiger partial charge in [-0.2, -0.15) is 5.26 Å². The fourth-order valence-electron chi connectivity index (χ4n) is 2.41. The van der Waals surface area contributed by atoms with E-state index in [9.17, 15) is 0 Å². The van der Waals surface area contributed by atoms with E-state index in [0.29, 0.717) is 5.56 Å². The van der Waals surface area contributed by atoms with E-state index in [1.54, 1.807) is 0 Å². The third-order valence-electron chi connectivity index (χ3n) is 3.56. The molecule has 0 atom stereocenters. The van der Waals surface area contributed by atoms with Crippen molar-refractivity contribution in [2.45, 2.75) is 6.54 Å². The number of nitrogens with zero attached hydrogens (tertiary/aromatic N) is 2. The van der Waals surface area contributed by atoms with Crippen molar-refractivity contribution in [3.8, 4) is 6.07 Å². The van der Waals surface area contributed by atoms with Crippen LogP contribution in [0.3, 0.4) is 0 Å². The average molecular weight is 284 g/mol. The molecule has 0 radical (unpaired) electrons. The van der Waals surface area contributed by atoms with Crippen molar-refractivity contribution < 1.29 is 0 Å². The standard InChI is InChI=1S/C20H16N2/c21-15-17-11-13-18(14-12-17)16-22(19-7-3-1-4-8-19)20-9-5-2-6-10-20/h1-14H,16H2.